The third kappa shape index (κ3) is 3.48. The molecule has 1 fully saturated rings. The molecule has 0 aromatic rings. The third-order valence-electron chi connectivity index (χ3n) is 2.91. The van der Waals surface area contributed by atoms with Crippen LogP contribution >= 0.6 is 0 Å². The fourth-order valence-electron chi connectivity index (χ4n) is 1.65. The van der Waals surface area contributed by atoms with Crippen LogP contribution in [0.15, 0.2) is 0 Å². The van der Waals surface area contributed by atoms with Crippen LogP contribution in [-0.4, -0.2) is 49.4 Å². The molecule has 0 aliphatic carbocycles. The number of hydrogen-bond acceptors (Lipinski definition) is 3. The van der Waals surface area contributed by atoms with Gasteiger partial charge in [-0.25, -0.2) is 0 Å². The highest BCUT2D eigenvalue weighted by Crippen LogP contribution is 2.02. The number of amides is 2. The molecule has 0 aromatic heterocycles. The molecule has 5 heteroatoms. The van der Waals surface area contributed by atoms with Gasteiger partial charge in [0, 0.05) is 39.1 Å². The van der Waals surface area contributed by atoms with E-state index in [4.69, 9.17) is 0 Å². The predicted octanol–water partition coefficient (Wildman–Crippen LogP) is -0.419. The number of rotatable bonds is 6. The monoisotopic (exact) mass is 227 g/mol. The van der Waals surface area contributed by atoms with E-state index in [2.05, 4.69) is 10.6 Å². The first-order valence-corrected chi connectivity index (χ1v) is 5.95. The minimum absolute atomic E-state index is 0.0612. The molecule has 1 saturated heterocycles. The molecule has 92 valence electrons. The molecule has 16 heavy (non-hydrogen) atoms. The molecular formula is C11H21N3O2. The summed E-state index contributed by atoms with van der Waals surface area (Å²) in [7, 11) is 0. The molecular weight excluding hydrogens is 206 g/mol. The van der Waals surface area contributed by atoms with Crippen molar-refractivity contribution in [3.05, 3.63) is 0 Å². The molecule has 2 amide bonds. The molecule has 1 aliphatic heterocycles. The van der Waals surface area contributed by atoms with E-state index in [-0.39, 0.29) is 17.7 Å². The second kappa shape index (κ2) is 6.48. The Morgan fingerprint density at radius 1 is 1.31 bits per heavy atom. The minimum atomic E-state index is 0.0612. The van der Waals surface area contributed by atoms with Crippen LogP contribution in [0.4, 0.5) is 0 Å². The zero-order valence-corrected chi connectivity index (χ0v) is 10.1. The Labute approximate surface area is 96.6 Å². The summed E-state index contributed by atoms with van der Waals surface area (Å²) in [5, 5.41) is 5.83. The van der Waals surface area contributed by atoms with Crippen molar-refractivity contribution >= 4 is 11.8 Å². The number of carbonyl (C=O) groups is 2. The van der Waals surface area contributed by atoms with Gasteiger partial charge in [-0.15, -0.1) is 0 Å². The molecule has 0 unspecified atom stereocenters. The quantitative estimate of drug-likeness (QED) is 0.648. The van der Waals surface area contributed by atoms with E-state index >= 15 is 0 Å². The number of nitrogens with one attached hydrogen (secondary N) is 2. The first kappa shape index (κ1) is 13.0. The summed E-state index contributed by atoms with van der Waals surface area (Å²) in [5.41, 5.74) is 0. The standard InChI is InChI=1S/C11H21N3O2/c1-3-14(4-2)10(15)5-6-13-11(16)9-7-12-8-9/h9,12H,3-8H2,1-2H3,(H,13,16). The maximum absolute atomic E-state index is 11.6. The zero-order valence-electron chi connectivity index (χ0n) is 10.1. The van der Waals surface area contributed by atoms with Gasteiger partial charge >= 0.3 is 0 Å². The van der Waals surface area contributed by atoms with Crippen LogP contribution in [0.3, 0.4) is 0 Å². The number of carbonyl (C=O) groups excluding carboxylic acids is 2. The van der Waals surface area contributed by atoms with E-state index in [9.17, 15) is 9.59 Å². The van der Waals surface area contributed by atoms with Crippen LogP contribution in [0.2, 0.25) is 0 Å². The van der Waals surface area contributed by atoms with E-state index in [0.29, 0.717) is 13.0 Å². The lowest BCUT2D eigenvalue weighted by Crippen LogP contribution is -2.51. The van der Waals surface area contributed by atoms with Crippen molar-refractivity contribution in [1.29, 1.82) is 0 Å². The Bertz CT molecular complexity index is 248. The predicted molar refractivity (Wildman–Crippen MR) is 61.9 cm³/mol. The van der Waals surface area contributed by atoms with Crippen LogP contribution in [0.1, 0.15) is 20.3 Å². The van der Waals surface area contributed by atoms with Gasteiger partial charge in [-0.2, -0.15) is 0 Å². The van der Waals surface area contributed by atoms with Gasteiger partial charge in [0.05, 0.1) is 5.92 Å². The van der Waals surface area contributed by atoms with Crippen LogP contribution < -0.4 is 10.6 Å². The van der Waals surface area contributed by atoms with Crippen molar-refractivity contribution in [3.63, 3.8) is 0 Å². The summed E-state index contributed by atoms with van der Waals surface area (Å²) in [6.07, 6.45) is 0.396. The van der Waals surface area contributed by atoms with Crippen molar-refractivity contribution in [2.45, 2.75) is 20.3 Å². The van der Waals surface area contributed by atoms with Crippen molar-refractivity contribution in [3.8, 4) is 0 Å². The Morgan fingerprint density at radius 3 is 2.38 bits per heavy atom. The molecule has 1 heterocycles. The first-order valence-electron chi connectivity index (χ1n) is 5.95. The van der Waals surface area contributed by atoms with Gasteiger partial charge < -0.3 is 15.5 Å². The minimum Gasteiger partial charge on any atom is -0.355 e. The second-order valence-electron chi connectivity index (χ2n) is 3.96. The molecule has 0 spiro atoms. The lowest BCUT2D eigenvalue weighted by Gasteiger charge is -2.26. The van der Waals surface area contributed by atoms with Gasteiger partial charge in [0.1, 0.15) is 0 Å². The molecule has 1 rings (SSSR count). The van der Waals surface area contributed by atoms with Crippen molar-refractivity contribution in [1.82, 2.24) is 15.5 Å². The smallest absolute Gasteiger partial charge is 0.225 e. The van der Waals surface area contributed by atoms with Gasteiger partial charge in [-0.3, -0.25) is 9.59 Å². The summed E-state index contributed by atoms with van der Waals surface area (Å²) >= 11 is 0. The van der Waals surface area contributed by atoms with Gasteiger partial charge in [0.15, 0.2) is 0 Å². The topological polar surface area (TPSA) is 61.4 Å². The first-order chi connectivity index (χ1) is 7.69. The lowest BCUT2D eigenvalue weighted by molar-refractivity contribution is -0.131. The van der Waals surface area contributed by atoms with Crippen molar-refractivity contribution < 1.29 is 9.59 Å². The van der Waals surface area contributed by atoms with Gasteiger partial charge in [-0.1, -0.05) is 0 Å². The lowest BCUT2D eigenvalue weighted by atomic mass is 10.0. The SMILES string of the molecule is CCN(CC)C(=O)CCNC(=O)C1CNC1. The van der Waals surface area contributed by atoms with Gasteiger partial charge in [0.25, 0.3) is 0 Å². The van der Waals surface area contributed by atoms with Crippen LogP contribution in [-0.2, 0) is 9.59 Å². The van der Waals surface area contributed by atoms with Gasteiger partial charge in [-0.05, 0) is 13.8 Å². The van der Waals surface area contributed by atoms with Gasteiger partial charge in [0.2, 0.25) is 11.8 Å². The summed E-state index contributed by atoms with van der Waals surface area (Å²) in [6.45, 7) is 7.35. The zero-order chi connectivity index (χ0) is 12.0. The number of hydrogen-bond donors (Lipinski definition) is 2. The van der Waals surface area contributed by atoms with E-state index in [1.807, 2.05) is 13.8 Å². The van der Waals surface area contributed by atoms with Crippen LogP contribution in [0, 0.1) is 5.92 Å². The Hall–Kier alpha value is -1.10. The Morgan fingerprint density at radius 2 is 1.94 bits per heavy atom. The molecule has 0 aromatic carbocycles. The Balaban J connectivity index is 2.14. The summed E-state index contributed by atoms with van der Waals surface area (Å²) in [4.78, 5) is 24.8. The molecule has 0 saturated carbocycles. The van der Waals surface area contributed by atoms with Crippen LogP contribution in [0.25, 0.3) is 0 Å². The van der Waals surface area contributed by atoms with E-state index in [0.717, 1.165) is 26.2 Å². The fraction of sp³-hybridized carbons (Fsp3) is 0.818. The average Bonchev–Trinajstić information content (AvgIpc) is 2.16. The summed E-state index contributed by atoms with van der Waals surface area (Å²) in [5.74, 6) is 0.270. The maximum Gasteiger partial charge on any atom is 0.225 e. The van der Waals surface area contributed by atoms with Crippen molar-refractivity contribution in [2.24, 2.45) is 5.92 Å². The highest BCUT2D eigenvalue weighted by atomic mass is 16.2. The molecule has 1 aliphatic rings. The highest BCUT2D eigenvalue weighted by molar-refractivity contribution is 5.81. The molecule has 0 radical (unpaired) electrons. The second-order valence-corrected chi connectivity index (χ2v) is 3.96. The molecule has 2 N–H and O–H groups in total. The normalized spacial score (nSPS) is 15.4. The maximum atomic E-state index is 11.6. The summed E-state index contributed by atoms with van der Waals surface area (Å²) in [6, 6.07) is 0. The summed E-state index contributed by atoms with van der Waals surface area (Å²) < 4.78 is 0. The van der Waals surface area contributed by atoms with Crippen LogP contribution in [0.5, 0.6) is 0 Å². The highest BCUT2D eigenvalue weighted by Gasteiger charge is 2.24. The average molecular weight is 227 g/mol. The third-order valence-corrected chi connectivity index (χ3v) is 2.91. The largest absolute Gasteiger partial charge is 0.355 e. The van der Waals surface area contributed by atoms with E-state index in [1.54, 1.807) is 4.90 Å². The molecule has 0 atom stereocenters. The molecule has 5 nitrogen and oxygen atoms in total. The van der Waals surface area contributed by atoms with E-state index in [1.165, 1.54) is 0 Å². The fourth-order valence-corrected chi connectivity index (χ4v) is 1.65. The molecule has 0 bridgehead atoms. The number of nitrogens with zero attached hydrogens (tertiary/aromatic N) is 1. The van der Waals surface area contributed by atoms with Crippen molar-refractivity contribution in [2.75, 3.05) is 32.7 Å². The van der Waals surface area contributed by atoms with E-state index < -0.39 is 0 Å². The Kier molecular flexibility index (Phi) is 5.25.